The summed E-state index contributed by atoms with van der Waals surface area (Å²) >= 11 is 0. The second-order valence-corrected chi connectivity index (χ2v) is 5.85. The molecule has 1 heterocycles. The van der Waals surface area contributed by atoms with Crippen LogP contribution in [0.15, 0.2) is 18.2 Å². The molecule has 1 fully saturated rings. The number of hydrogen-bond acceptors (Lipinski definition) is 2. The predicted molar refractivity (Wildman–Crippen MR) is 83.8 cm³/mol. The van der Waals surface area contributed by atoms with Crippen molar-refractivity contribution in [3.8, 4) is 0 Å². The molecule has 2 atom stereocenters. The second-order valence-electron chi connectivity index (χ2n) is 5.85. The summed E-state index contributed by atoms with van der Waals surface area (Å²) < 4.78 is 14.5. The molecule has 0 amide bonds. The highest BCUT2D eigenvalue weighted by atomic mass is 19.1. The van der Waals surface area contributed by atoms with Gasteiger partial charge in [0.25, 0.3) is 0 Å². The summed E-state index contributed by atoms with van der Waals surface area (Å²) in [6.45, 7) is 8.29. The lowest BCUT2D eigenvalue weighted by molar-refractivity contribution is 0.555. The second kappa shape index (κ2) is 7.07. The Hall–Kier alpha value is -1.09. The highest BCUT2D eigenvalue weighted by Gasteiger charge is 2.24. The van der Waals surface area contributed by atoms with Gasteiger partial charge in [-0.1, -0.05) is 31.9 Å². The lowest BCUT2D eigenvalue weighted by Crippen LogP contribution is -2.35. The molecule has 1 aliphatic heterocycles. The van der Waals surface area contributed by atoms with Gasteiger partial charge in [-0.25, -0.2) is 4.39 Å². The molecule has 0 aliphatic carbocycles. The number of anilines is 1. The minimum absolute atomic E-state index is 0.0824. The maximum Gasteiger partial charge on any atom is 0.146 e. The lowest BCUT2D eigenvalue weighted by Gasteiger charge is -2.33. The van der Waals surface area contributed by atoms with Gasteiger partial charge in [-0.3, -0.25) is 0 Å². The van der Waals surface area contributed by atoms with E-state index in [-0.39, 0.29) is 11.9 Å². The van der Waals surface area contributed by atoms with Gasteiger partial charge in [-0.15, -0.1) is 0 Å². The average molecular weight is 278 g/mol. The normalized spacial score (nSPS) is 21.6. The van der Waals surface area contributed by atoms with E-state index >= 15 is 0 Å². The molecule has 1 aliphatic rings. The van der Waals surface area contributed by atoms with E-state index in [0.29, 0.717) is 6.04 Å². The Morgan fingerprint density at radius 2 is 2.15 bits per heavy atom. The molecule has 1 aromatic carbocycles. The molecule has 112 valence electrons. The standard InChI is InChI=1S/C17H27FN2/c1-4-19-14(3)15-10-8-11-16(18)17(15)20-12-7-5-6-9-13(20)2/h8,10-11,13-14,19H,4-7,9,12H2,1-3H3. The highest BCUT2D eigenvalue weighted by Crippen LogP contribution is 2.33. The first kappa shape index (κ1) is 15.3. The maximum atomic E-state index is 14.5. The first-order valence-electron chi connectivity index (χ1n) is 7.93. The van der Waals surface area contributed by atoms with Gasteiger partial charge in [0.2, 0.25) is 0 Å². The molecule has 0 bridgehead atoms. The van der Waals surface area contributed by atoms with E-state index in [9.17, 15) is 4.39 Å². The molecule has 1 saturated heterocycles. The summed E-state index contributed by atoms with van der Waals surface area (Å²) in [5, 5.41) is 3.41. The molecular formula is C17H27FN2. The van der Waals surface area contributed by atoms with Crippen LogP contribution < -0.4 is 10.2 Å². The van der Waals surface area contributed by atoms with Crippen molar-refractivity contribution in [2.24, 2.45) is 0 Å². The van der Waals surface area contributed by atoms with Crippen molar-refractivity contribution in [1.29, 1.82) is 0 Å². The third-order valence-corrected chi connectivity index (χ3v) is 4.34. The molecule has 1 N–H and O–H groups in total. The molecule has 1 aromatic rings. The van der Waals surface area contributed by atoms with Crippen LogP contribution in [-0.2, 0) is 0 Å². The van der Waals surface area contributed by atoms with Crippen LogP contribution in [0.2, 0.25) is 0 Å². The van der Waals surface area contributed by atoms with Crippen molar-refractivity contribution in [2.75, 3.05) is 18.0 Å². The van der Waals surface area contributed by atoms with Crippen LogP contribution in [0.1, 0.15) is 58.1 Å². The fraction of sp³-hybridized carbons (Fsp3) is 0.647. The SMILES string of the molecule is CCNC(C)c1cccc(F)c1N1CCCCCC1C. The molecule has 2 unspecified atom stereocenters. The van der Waals surface area contributed by atoms with Crippen molar-refractivity contribution in [3.05, 3.63) is 29.6 Å². The van der Waals surface area contributed by atoms with E-state index in [2.05, 4.69) is 37.1 Å². The van der Waals surface area contributed by atoms with E-state index in [4.69, 9.17) is 0 Å². The number of nitrogens with one attached hydrogen (secondary N) is 1. The molecule has 3 heteroatoms. The van der Waals surface area contributed by atoms with Gasteiger partial charge in [0, 0.05) is 18.6 Å². The van der Waals surface area contributed by atoms with Crippen molar-refractivity contribution in [3.63, 3.8) is 0 Å². The summed E-state index contributed by atoms with van der Waals surface area (Å²) in [6, 6.07) is 6.08. The summed E-state index contributed by atoms with van der Waals surface area (Å²) in [7, 11) is 0. The Morgan fingerprint density at radius 1 is 1.35 bits per heavy atom. The summed E-state index contributed by atoms with van der Waals surface area (Å²) in [4.78, 5) is 2.28. The van der Waals surface area contributed by atoms with E-state index < -0.39 is 0 Å². The highest BCUT2D eigenvalue weighted by molar-refractivity contribution is 5.57. The van der Waals surface area contributed by atoms with Crippen LogP contribution in [0.3, 0.4) is 0 Å². The summed E-state index contributed by atoms with van der Waals surface area (Å²) in [6.07, 6.45) is 4.83. The zero-order chi connectivity index (χ0) is 14.5. The molecule has 0 spiro atoms. The molecule has 0 aromatic heterocycles. The Bertz CT molecular complexity index is 433. The average Bonchev–Trinajstić information content (AvgIpc) is 2.63. The molecule has 0 radical (unpaired) electrons. The molecular weight excluding hydrogens is 251 g/mol. The number of nitrogens with zero attached hydrogens (tertiary/aromatic N) is 1. The Kier molecular flexibility index (Phi) is 5.41. The van der Waals surface area contributed by atoms with Crippen LogP contribution in [-0.4, -0.2) is 19.1 Å². The van der Waals surface area contributed by atoms with Crippen molar-refractivity contribution < 1.29 is 4.39 Å². The fourth-order valence-electron chi connectivity index (χ4n) is 3.21. The van der Waals surface area contributed by atoms with E-state index in [0.717, 1.165) is 37.2 Å². The van der Waals surface area contributed by atoms with Crippen LogP contribution in [0.4, 0.5) is 10.1 Å². The summed E-state index contributed by atoms with van der Waals surface area (Å²) in [5.74, 6) is -0.0824. The van der Waals surface area contributed by atoms with Gasteiger partial charge in [-0.05, 0) is 44.9 Å². The van der Waals surface area contributed by atoms with Gasteiger partial charge in [0.05, 0.1) is 5.69 Å². The third-order valence-electron chi connectivity index (χ3n) is 4.34. The van der Waals surface area contributed by atoms with Gasteiger partial charge < -0.3 is 10.2 Å². The number of benzene rings is 1. The van der Waals surface area contributed by atoms with Gasteiger partial charge >= 0.3 is 0 Å². The van der Waals surface area contributed by atoms with E-state index in [1.807, 2.05) is 6.07 Å². The summed E-state index contributed by atoms with van der Waals surface area (Å²) in [5.41, 5.74) is 1.90. The molecule has 0 saturated carbocycles. The quantitative estimate of drug-likeness (QED) is 0.885. The first-order valence-corrected chi connectivity index (χ1v) is 7.93. The fourth-order valence-corrected chi connectivity index (χ4v) is 3.21. The van der Waals surface area contributed by atoms with Crippen molar-refractivity contribution in [1.82, 2.24) is 5.32 Å². The number of para-hydroxylation sites is 1. The van der Waals surface area contributed by atoms with E-state index in [1.165, 1.54) is 12.8 Å². The minimum Gasteiger partial charge on any atom is -0.366 e. The number of hydrogen-bond donors (Lipinski definition) is 1. The minimum atomic E-state index is -0.0824. The molecule has 2 rings (SSSR count). The number of halogens is 1. The Labute approximate surface area is 122 Å². The van der Waals surface area contributed by atoms with Crippen LogP contribution >= 0.6 is 0 Å². The number of rotatable bonds is 4. The van der Waals surface area contributed by atoms with Gasteiger partial charge in [0.15, 0.2) is 0 Å². The van der Waals surface area contributed by atoms with Crippen molar-refractivity contribution in [2.45, 2.75) is 58.5 Å². The zero-order valence-corrected chi connectivity index (χ0v) is 13.0. The van der Waals surface area contributed by atoms with E-state index in [1.54, 1.807) is 6.07 Å². The van der Waals surface area contributed by atoms with Gasteiger partial charge in [-0.2, -0.15) is 0 Å². The largest absolute Gasteiger partial charge is 0.366 e. The molecule has 20 heavy (non-hydrogen) atoms. The molecule has 2 nitrogen and oxygen atoms in total. The van der Waals surface area contributed by atoms with Crippen molar-refractivity contribution >= 4 is 5.69 Å². The van der Waals surface area contributed by atoms with Crippen LogP contribution in [0.25, 0.3) is 0 Å². The lowest BCUT2D eigenvalue weighted by atomic mass is 10.0. The van der Waals surface area contributed by atoms with Gasteiger partial charge in [0.1, 0.15) is 5.82 Å². The third kappa shape index (κ3) is 3.32. The smallest absolute Gasteiger partial charge is 0.146 e. The van der Waals surface area contributed by atoms with Crippen LogP contribution in [0.5, 0.6) is 0 Å². The monoisotopic (exact) mass is 278 g/mol. The topological polar surface area (TPSA) is 15.3 Å². The Morgan fingerprint density at radius 3 is 2.90 bits per heavy atom. The first-order chi connectivity index (χ1) is 9.65. The maximum absolute atomic E-state index is 14.5. The zero-order valence-electron chi connectivity index (χ0n) is 13.0. The predicted octanol–water partition coefficient (Wildman–Crippen LogP) is 4.27. The Balaban J connectivity index is 2.37. The van der Waals surface area contributed by atoms with Crippen LogP contribution in [0, 0.1) is 5.82 Å².